The van der Waals surface area contributed by atoms with Crippen molar-refractivity contribution < 1.29 is 19.0 Å². The number of carbonyl (C=O) groups is 1. The summed E-state index contributed by atoms with van der Waals surface area (Å²) in [6.07, 6.45) is 0. The molecule has 5 nitrogen and oxygen atoms in total. The van der Waals surface area contributed by atoms with E-state index in [4.69, 9.17) is 14.2 Å². The number of ether oxygens (including phenoxy) is 3. The summed E-state index contributed by atoms with van der Waals surface area (Å²) in [6.45, 7) is 4.84. The van der Waals surface area contributed by atoms with E-state index in [9.17, 15) is 4.79 Å². The second kappa shape index (κ2) is 6.43. The monoisotopic (exact) mass is 327 g/mol. The zero-order valence-electron chi connectivity index (χ0n) is 14.1. The fraction of sp³-hybridized carbons (Fsp3) is 0.316. The van der Waals surface area contributed by atoms with Crippen LogP contribution in [0.5, 0.6) is 17.2 Å². The van der Waals surface area contributed by atoms with E-state index in [1.54, 1.807) is 13.2 Å². The van der Waals surface area contributed by atoms with E-state index < -0.39 is 5.41 Å². The number of hydrogen-bond donors (Lipinski definition) is 1. The maximum Gasteiger partial charge on any atom is 0.234 e. The Labute approximate surface area is 141 Å². The van der Waals surface area contributed by atoms with E-state index >= 15 is 0 Å². The highest BCUT2D eigenvalue weighted by Crippen LogP contribution is 2.33. The number of anilines is 1. The Morgan fingerprint density at radius 2 is 1.71 bits per heavy atom. The van der Waals surface area contributed by atoms with Gasteiger partial charge in [-0.05, 0) is 43.7 Å². The third-order valence-corrected chi connectivity index (χ3v) is 4.18. The molecule has 0 unspecified atom stereocenters. The van der Waals surface area contributed by atoms with Crippen LogP contribution in [-0.4, -0.2) is 26.2 Å². The number of amides is 1. The lowest BCUT2D eigenvalue weighted by Crippen LogP contribution is -2.34. The first-order valence-electron chi connectivity index (χ1n) is 7.86. The van der Waals surface area contributed by atoms with Gasteiger partial charge in [0.05, 0.1) is 12.5 Å². The molecule has 2 aromatic rings. The molecule has 126 valence electrons. The molecule has 1 amide bonds. The number of methoxy groups -OCH3 is 1. The van der Waals surface area contributed by atoms with Crippen molar-refractivity contribution in [3.05, 3.63) is 48.0 Å². The quantitative estimate of drug-likeness (QED) is 0.935. The Hall–Kier alpha value is -2.69. The minimum Gasteiger partial charge on any atom is -0.497 e. The van der Waals surface area contributed by atoms with E-state index in [1.165, 1.54) is 0 Å². The molecule has 0 fully saturated rings. The van der Waals surface area contributed by atoms with Crippen molar-refractivity contribution in [1.82, 2.24) is 0 Å². The highest BCUT2D eigenvalue weighted by molar-refractivity contribution is 5.98. The van der Waals surface area contributed by atoms with E-state index in [1.807, 2.05) is 50.2 Å². The minimum absolute atomic E-state index is 0.0932. The molecule has 1 aliphatic rings. The summed E-state index contributed by atoms with van der Waals surface area (Å²) >= 11 is 0. The molecule has 24 heavy (non-hydrogen) atoms. The minimum atomic E-state index is -0.681. The molecule has 3 rings (SSSR count). The molecule has 1 N–H and O–H groups in total. The number of benzene rings is 2. The number of fused-ring (bicyclic) bond motifs is 1. The van der Waals surface area contributed by atoms with Crippen LogP contribution in [0.4, 0.5) is 5.69 Å². The Bertz CT molecular complexity index is 738. The van der Waals surface area contributed by atoms with Crippen molar-refractivity contribution in [3.8, 4) is 17.2 Å². The lowest BCUT2D eigenvalue weighted by molar-refractivity contribution is -0.120. The van der Waals surface area contributed by atoms with Gasteiger partial charge in [0, 0.05) is 11.8 Å². The maximum atomic E-state index is 12.7. The number of hydrogen-bond acceptors (Lipinski definition) is 4. The van der Waals surface area contributed by atoms with Gasteiger partial charge in [-0.3, -0.25) is 4.79 Å². The predicted octanol–water partition coefficient (Wildman–Crippen LogP) is 3.38. The Kier molecular flexibility index (Phi) is 4.34. The molecule has 5 heteroatoms. The molecule has 0 radical (unpaired) electrons. The molecule has 2 aromatic carbocycles. The Balaban J connectivity index is 1.77. The van der Waals surface area contributed by atoms with E-state index in [0.29, 0.717) is 30.4 Å². The zero-order chi connectivity index (χ0) is 17.2. The van der Waals surface area contributed by atoms with Crippen LogP contribution in [0.2, 0.25) is 0 Å². The fourth-order valence-electron chi connectivity index (χ4n) is 2.55. The molecular weight excluding hydrogens is 306 g/mol. The molecule has 0 spiro atoms. The summed E-state index contributed by atoms with van der Waals surface area (Å²) in [5, 5.41) is 2.95. The molecule has 1 heterocycles. The molecule has 0 atom stereocenters. The normalized spacial score (nSPS) is 13.3. The van der Waals surface area contributed by atoms with Gasteiger partial charge in [-0.15, -0.1) is 0 Å². The van der Waals surface area contributed by atoms with Crippen LogP contribution in [0, 0.1) is 0 Å². The van der Waals surface area contributed by atoms with E-state index in [-0.39, 0.29) is 5.91 Å². The highest BCUT2D eigenvalue weighted by Gasteiger charge is 2.30. The van der Waals surface area contributed by atoms with Crippen LogP contribution in [0.15, 0.2) is 42.5 Å². The SMILES string of the molecule is COc1ccc(C(C)(C)C(=O)Nc2ccc3c(c2)OCCO3)cc1. The Morgan fingerprint density at radius 3 is 2.38 bits per heavy atom. The van der Waals surface area contributed by atoms with Crippen molar-refractivity contribution in [2.45, 2.75) is 19.3 Å². The zero-order valence-corrected chi connectivity index (χ0v) is 14.1. The van der Waals surface area contributed by atoms with Gasteiger partial charge < -0.3 is 19.5 Å². The van der Waals surface area contributed by atoms with Gasteiger partial charge in [0.25, 0.3) is 0 Å². The first-order chi connectivity index (χ1) is 11.5. The van der Waals surface area contributed by atoms with Crippen LogP contribution in [-0.2, 0) is 10.2 Å². The number of rotatable bonds is 4. The average Bonchev–Trinajstić information content (AvgIpc) is 2.61. The highest BCUT2D eigenvalue weighted by atomic mass is 16.6. The molecule has 1 aliphatic heterocycles. The molecular formula is C19H21NO4. The maximum absolute atomic E-state index is 12.7. The average molecular weight is 327 g/mol. The van der Waals surface area contributed by atoms with Crippen molar-refractivity contribution in [2.24, 2.45) is 0 Å². The fourth-order valence-corrected chi connectivity index (χ4v) is 2.55. The predicted molar refractivity (Wildman–Crippen MR) is 92.1 cm³/mol. The number of carbonyl (C=O) groups excluding carboxylic acids is 1. The molecule has 0 saturated heterocycles. The van der Waals surface area contributed by atoms with Crippen LogP contribution in [0.25, 0.3) is 0 Å². The van der Waals surface area contributed by atoms with Crippen molar-refractivity contribution >= 4 is 11.6 Å². The van der Waals surface area contributed by atoms with Crippen LogP contribution < -0.4 is 19.5 Å². The van der Waals surface area contributed by atoms with Gasteiger partial charge >= 0.3 is 0 Å². The summed E-state index contributed by atoms with van der Waals surface area (Å²) in [7, 11) is 1.62. The van der Waals surface area contributed by atoms with Gasteiger partial charge in [0.2, 0.25) is 5.91 Å². The smallest absolute Gasteiger partial charge is 0.234 e. The second-order valence-corrected chi connectivity index (χ2v) is 6.17. The van der Waals surface area contributed by atoms with Crippen LogP contribution in [0.3, 0.4) is 0 Å². The van der Waals surface area contributed by atoms with E-state index in [2.05, 4.69) is 5.32 Å². The molecule has 0 bridgehead atoms. The largest absolute Gasteiger partial charge is 0.497 e. The first kappa shape index (κ1) is 16.2. The molecule has 0 aromatic heterocycles. The van der Waals surface area contributed by atoms with Crippen LogP contribution >= 0.6 is 0 Å². The Morgan fingerprint density at radius 1 is 1.04 bits per heavy atom. The summed E-state index contributed by atoms with van der Waals surface area (Å²) < 4.78 is 16.2. The third kappa shape index (κ3) is 3.15. The topological polar surface area (TPSA) is 56.8 Å². The summed E-state index contributed by atoms with van der Waals surface area (Å²) in [4.78, 5) is 12.7. The lowest BCUT2D eigenvalue weighted by atomic mass is 9.83. The summed E-state index contributed by atoms with van der Waals surface area (Å²) in [5.41, 5.74) is 0.920. The second-order valence-electron chi connectivity index (χ2n) is 6.17. The van der Waals surface area contributed by atoms with Crippen molar-refractivity contribution in [2.75, 3.05) is 25.6 Å². The van der Waals surface area contributed by atoms with Crippen molar-refractivity contribution in [1.29, 1.82) is 0 Å². The lowest BCUT2D eigenvalue weighted by Gasteiger charge is -2.25. The number of nitrogens with one attached hydrogen (secondary N) is 1. The van der Waals surface area contributed by atoms with Gasteiger partial charge in [-0.1, -0.05) is 12.1 Å². The summed E-state index contributed by atoms with van der Waals surface area (Å²) in [6, 6.07) is 12.9. The van der Waals surface area contributed by atoms with Crippen LogP contribution in [0.1, 0.15) is 19.4 Å². The van der Waals surface area contributed by atoms with Gasteiger partial charge in [-0.2, -0.15) is 0 Å². The standard InChI is InChI=1S/C19H21NO4/c1-19(2,13-4-7-15(22-3)8-5-13)18(21)20-14-6-9-16-17(12-14)24-11-10-23-16/h4-9,12H,10-11H2,1-3H3,(H,20,21). The van der Waals surface area contributed by atoms with Gasteiger partial charge in [0.1, 0.15) is 19.0 Å². The van der Waals surface area contributed by atoms with E-state index in [0.717, 1.165) is 11.3 Å². The van der Waals surface area contributed by atoms with Gasteiger partial charge in [0.15, 0.2) is 11.5 Å². The van der Waals surface area contributed by atoms with Crippen molar-refractivity contribution in [3.63, 3.8) is 0 Å². The summed E-state index contributed by atoms with van der Waals surface area (Å²) in [5.74, 6) is 2.03. The molecule has 0 aliphatic carbocycles. The first-order valence-corrected chi connectivity index (χ1v) is 7.86. The third-order valence-electron chi connectivity index (χ3n) is 4.18. The molecule has 0 saturated carbocycles. The van der Waals surface area contributed by atoms with Gasteiger partial charge in [-0.25, -0.2) is 0 Å².